The Kier molecular flexibility index (Phi) is 8.24. The minimum atomic E-state index is 0. The summed E-state index contributed by atoms with van der Waals surface area (Å²) in [7, 11) is 5.53. The van der Waals surface area contributed by atoms with Crippen LogP contribution in [0.5, 0.6) is 0 Å². The molecule has 0 atom stereocenters. The molecule has 0 saturated heterocycles. The van der Waals surface area contributed by atoms with Crippen LogP contribution < -0.4 is 10.6 Å². The van der Waals surface area contributed by atoms with Crippen molar-refractivity contribution in [2.45, 2.75) is 39.2 Å². The molecule has 1 aromatic heterocycles. The summed E-state index contributed by atoms with van der Waals surface area (Å²) < 4.78 is 7.21. The van der Waals surface area contributed by atoms with Crippen molar-refractivity contribution in [3.8, 4) is 0 Å². The second-order valence-corrected chi connectivity index (χ2v) is 6.10. The monoisotopic (exact) mass is 436 g/mol. The zero-order chi connectivity index (χ0) is 16.0. The van der Waals surface area contributed by atoms with E-state index in [9.17, 15) is 0 Å². The van der Waals surface area contributed by atoms with E-state index in [2.05, 4.69) is 25.8 Å². The van der Waals surface area contributed by atoms with Crippen LogP contribution in [0.1, 0.15) is 37.3 Å². The lowest BCUT2D eigenvalue weighted by Crippen LogP contribution is -2.46. The molecule has 0 bridgehead atoms. The lowest BCUT2D eigenvalue weighted by atomic mass is 9.67. The molecule has 1 heterocycles. The molecule has 2 N–H and O–H groups in total. The number of nitrogens with zero attached hydrogens (tertiary/aromatic N) is 4. The quantitative estimate of drug-likeness (QED) is 0.386. The molecule has 8 heteroatoms. The summed E-state index contributed by atoms with van der Waals surface area (Å²) in [6, 6.07) is 0. The average Bonchev–Trinajstić information content (AvgIpc) is 2.80. The second-order valence-electron chi connectivity index (χ2n) is 6.10. The second kappa shape index (κ2) is 9.41. The first-order valence-corrected chi connectivity index (χ1v) is 7.88. The van der Waals surface area contributed by atoms with Gasteiger partial charge in [0.25, 0.3) is 0 Å². The SMILES string of the molecule is CN=C(NCc1nnc(C)n1C)NCC1(CCOC)CCC1.I. The minimum Gasteiger partial charge on any atom is -0.385 e. The van der Waals surface area contributed by atoms with Crippen LogP contribution in [0.25, 0.3) is 0 Å². The highest BCUT2D eigenvalue weighted by molar-refractivity contribution is 14.0. The van der Waals surface area contributed by atoms with Crippen LogP contribution in [0.4, 0.5) is 0 Å². The maximum atomic E-state index is 5.24. The molecule has 1 fully saturated rings. The molecule has 1 aliphatic rings. The number of hydrogen-bond acceptors (Lipinski definition) is 4. The Morgan fingerprint density at radius 3 is 2.57 bits per heavy atom. The Hall–Kier alpha value is -0.900. The van der Waals surface area contributed by atoms with Gasteiger partial charge in [-0.2, -0.15) is 0 Å². The van der Waals surface area contributed by atoms with Crippen LogP contribution in [0.2, 0.25) is 0 Å². The van der Waals surface area contributed by atoms with E-state index < -0.39 is 0 Å². The summed E-state index contributed by atoms with van der Waals surface area (Å²) in [4.78, 5) is 4.29. The standard InChI is InChI=1S/C15H28N6O.HI/c1-12-19-20-13(21(12)3)10-17-14(16-2)18-11-15(6-5-7-15)8-9-22-4;/h5-11H2,1-4H3,(H2,16,17,18);1H. The molecule has 132 valence electrons. The van der Waals surface area contributed by atoms with Gasteiger partial charge in [0.05, 0.1) is 6.54 Å². The average molecular weight is 436 g/mol. The molecule has 1 aliphatic carbocycles. The van der Waals surface area contributed by atoms with Gasteiger partial charge < -0.3 is 19.9 Å². The summed E-state index contributed by atoms with van der Waals surface area (Å²) in [5.41, 5.74) is 0.370. The molecule has 7 nitrogen and oxygen atoms in total. The largest absolute Gasteiger partial charge is 0.385 e. The number of ether oxygens (including phenoxy) is 1. The van der Waals surface area contributed by atoms with Crippen molar-refractivity contribution >= 4 is 29.9 Å². The fourth-order valence-corrected chi connectivity index (χ4v) is 2.77. The number of aromatic nitrogens is 3. The molecule has 0 aromatic carbocycles. The summed E-state index contributed by atoms with van der Waals surface area (Å²) in [5.74, 6) is 2.62. The van der Waals surface area contributed by atoms with Gasteiger partial charge in [0.1, 0.15) is 5.82 Å². The molecule has 1 saturated carbocycles. The first-order chi connectivity index (χ1) is 10.6. The maximum absolute atomic E-state index is 5.24. The smallest absolute Gasteiger partial charge is 0.191 e. The first-order valence-electron chi connectivity index (χ1n) is 7.88. The van der Waals surface area contributed by atoms with Crippen molar-refractivity contribution in [2.75, 3.05) is 27.3 Å². The third-order valence-electron chi connectivity index (χ3n) is 4.70. The third kappa shape index (κ3) is 5.30. The summed E-state index contributed by atoms with van der Waals surface area (Å²) >= 11 is 0. The molecular formula is C15H29IN6O. The molecule has 0 aliphatic heterocycles. The molecular weight excluding hydrogens is 407 g/mol. The molecule has 0 unspecified atom stereocenters. The van der Waals surface area contributed by atoms with E-state index in [0.717, 1.165) is 37.2 Å². The number of halogens is 1. The number of aryl methyl sites for hydroxylation is 1. The molecule has 23 heavy (non-hydrogen) atoms. The lowest BCUT2D eigenvalue weighted by molar-refractivity contribution is 0.0732. The summed E-state index contributed by atoms with van der Waals surface area (Å²) in [5, 5.41) is 15.0. The molecule has 1 aromatic rings. The Balaban J connectivity index is 0.00000264. The third-order valence-corrected chi connectivity index (χ3v) is 4.70. The summed E-state index contributed by atoms with van der Waals surface area (Å²) in [6.07, 6.45) is 4.96. The first kappa shape index (κ1) is 20.1. The predicted octanol–water partition coefficient (Wildman–Crippen LogP) is 1.61. The van der Waals surface area contributed by atoms with E-state index in [1.54, 1.807) is 14.2 Å². The Labute approximate surface area is 155 Å². The Bertz CT molecular complexity index is 512. The van der Waals surface area contributed by atoms with Gasteiger partial charge in [0.2, 0.25) is 0 Å². The molecule has 0 spiro atoms. The van der Waals surface area contributed by atoms with Gasteiger partial charge in [0, 0.05) is 34.4 Å². The minimum absolute atomic E-state index is 0. The van der Waals surface area contributed by atoms with Crippen molar-refractivity contribution in [1.82, 2.24) is 25.4 Å². The molecule has 2 rings (SSSR count). The summed E-state index contributed by atoms with van der Waals surface area (Å²) in [6.45, 7) is 4.32. The van der Waals surface area contributed by atoms with Crippen LogP contribution in [0, 0.1) is 12.3 Å². The highest BCUT2D eigenvalue weighted by Gasteiger charge is 2.36. The topological polar surface area (TPSA) is 76.4 Å². The van der Waals surface area contributed by atoms with Crippen LogP contribution in [0.3, 0.4) is 0 Å². The van der Waals surface area contributed by atoms with Gasteiger partial charge in [-0.25, -0.2) is 0 Å². The van der Waals surface area contributed by atoms with Crippen molar-refractivity contribution in [2.24, 2.45) is 17.5 Å². The maximum Gasteiger partial charge on any atom is 0.191 e. The van der Waals surface area contributed by atoms with E-state index in [0.29, 0.717) is 12.0 Å². The van der Waals surface area contributed by atoms with Crippen LogP contribution in [-0.2, 0) is 18.3 Å². The fraction of sp³-hybridized carbons (Fsp3) is 0.800. The zero-order valence-corrected chi connectivity index (χ0v) is 16.9. The fourth-order valence-electron chi connectivity index (χ4n) is 2.77. The van der Waals surface area contributed by atoms with E-state index in [-0.39, 0.29) is 24.0 Å². The lowest BCUT2D eigenvalue weighted by Gasteiger charge is -2.42. The van der Waals surface area contributed by atoms with Gasteiger partial charge in [-0.05, 0) is 31.6 Å². The van der Waals surface area contributed by atoms with E-state index >= 15 is 0 Å². The zero-order valence-electron chi connectivity index (χ0n) is 14.6. The van der Waals surface area contributed by atoms with Gasteiger partial charge in [-0.3, -0.25) is 4.99 Å². The van der Waals surface area contributed by atoms with E-state index in [1.165, 1.54) is 19.3 Å². The van der Waals surface area contributed by atoms with Crippen molar-refractivity contribution in [1.29, 1.82) is 0 Å². The van der Waals surface area contributed by atoms with Crippen LogP contribution in [-0.4, -0.2) is 48.0 Å². The molecule has 0 radical (unpaired) electrons. The normalized spacial score (nSPS) is 16.4. The van der Waals surface area contributed by atoms with Crippen molar-refractivity contribution in [3.05, 3.63) is 11.6 Å². The van der Waals surface area contributed by atoms with Gasteiger partial charge in [-0.1, -0.05) is 6.42 Å². The van der Waals surface area contributed by atoms with Gasteiger partial charge in [0.15, 0.2) is 11.8 Å². The highest BCUT2D eigenvalue weighted by Crippen LogP contribution is 2.43. The Morgan fingerprint density at radius 1 is 1.35 bits per heavy atom. The van der Waals surface area contributed by atoms with Gasteiger partial charge in [-0.15, -0.1) is 34.2 Å². The molecule has 0 amide bonds. The highest BCUT2D eigenvalue weighted by atomic mass is 127. The number of rotatable bonds is 7. The number of nitrogens with one attached hydrogen (secondary N) is 2. The number of aliphatic imine (C=N–C) groups is 1. The number of methoxy groups -OCH3 is 1. The van der Waals surface area contributed by atoms with Crippen molar-refractivity contribution in [3.63, 3.8) is 0 Å². The number of hydrogen-bond donors (Lipinski definition) is 2. The van der Waals surface area contributed by atoms with Crippen LogP contribution in [0.15, 0.2) is 4.99 Å². The van der Waals surface area contributed by atoms with Crippen LogP contribution >= 0.6 is 24.0 Å². The number of guanidine groups is 1. The van der Waals surface area contributed by atoms with Crippen molar-refractivity contribution < 1.29 is 4.74 Å². The Morgan fingerprint density at radius 2 is 2.09 bits per heavy atom. The van der Waals surface area contributed by atoms with E-state index in [1.807, 2.05) is 18.5 Å². The van der Waals surface area contributed by atoms with Gasteiger partial charge >= 0.3 is 0 Å². The van der Waals surface area contributed by atoms with E-state index in [4.69, 9.17) is 4.74 Å². The predicted molar refractivity (Wildman–Crippen MR) is 102 cm³/mol.